The SMILES string of the molecule is CCc1ccc(OC)c(CCNC(=O)C2(N)CC2)c1. The molecule has 0 radical (unpaired) electrons. The van der Waals surface area contributed by atoms with E-state index in [1.165, 1.54) is 5.56 Å². The average Bonchev–Trinajstić information content (AvgIpc) is 3.17. The summed E-state index contributed by atoms with van der Waals surface area (Å²) in [6.45, 7) is 2.72. The molecule has 1 aliphatic rings. The van der Waals surface area contributed by atoms with E-state index >= 15 is 0 Å². The lowest BCUT2D eigenvalue weighted by atomic mass is 10.1. The van der Waals surface area contributed by atoms with Gasteiger partial charge in [-0.25, -0.2) is 0 Å². The molecular formula is C15H22N2O2. The highest BCUT2D eigenvalue weighted by Gasteiger charge is 2.45. The van der Waals surface area contributed by atoms with Crippen molar-refractivity contribution in [3.8, 4) is 5.75 Å². The van der Waals surface area contributed by atoms with Gasteiger partial charge in [0.15, 0.2) is 0 Å². The monoisotopic (exact) mass is 262 g/mol. The van der Waals surface area contributed by atoms with Crippen LogP contribution < -0.4 is 15.8 Å². The van der Waals surface area contributed by atoms with Gasteiger partial charge in [-0.3, -0.25) is 4.79 Å². The average molecular weight is 262 g/mol. The van der Waals surface area contributed by atoms with Gasteiger partial charge in [0.2, 0.25) is 5.91 Å². The number of methoxy groups -OCH3 is 1. The molecule has 1 aromatic carbocycles. The predicted molar refractivity (Wildman–Crippen MR) is 75.2 cm³/mol. The summed E-state index contributed by atoms with van der Waals surface area (Å²) in [4.78, 5) is 11.7. The van der Waals surface area contributed by atoms with Crippen molar-refractivity contribution >= 4 is 5.91 Å². The van der Waals surface area contributed by atoms with E-state index in [9.17, 15) is 4.79 Å². The fraction of sp³-hybridized carbons (Fsp3) is 0.533. The van der Waals surface area contributed by atoms with Gasteiger partial charge in [-0.05, 0) is 42.9 Å². The largest absolute Gasteiger partial charge is 0.496 e. The molecule has 0 aromatic heterocycles. The van der Waals surface area contributed by atoms with Crippen LogP contribution in [0, 0.1) is 0 Å². The van der Waals surface area contributed by atoms with E-state index in [-0.39, 0.29) is 5.91 Å². The van der Waals surface area contributed by atoms with Crippen molar-refractivity contribution in [2.45, 2.75) is 38.1 Å². The van der Waals surface area contributed by atoms with E-state index in [2.05, 4.69) is 24.4 Å². The van der Waals surface area contributed by atoms with Gasteiger partial charge >= 0.3 is 0 Å². The summed E-state index contributed by atoms with van der Waals surface area (Å²) in [6.07, 6.45) is 3.36. The normalized spacial score (nSPS) is 15.9. The number of nitrogens with two attached hydrogens (primary N) is 1. The molecule has 2 rings (SSSR count). The van der Waals surface area contributed by atoms with Crippen molar-refractivity contribution in [1.29, 1.82) is 0 Å². The Kier molecular flexibility index (Phi) is 4.10. The minimum absolute atomic E-state index is 0.0295. The van der Waals surface area contributed by atoms with Gasteiger partial charge in [-0.15, -0.1) is 0 Å². The zero-order valence-electron chi connectivity index (χ0n) is 11.7. The maximum atomic E-state index is 11.7. The first-order chi connectivity index (χ1) is 9.09. The molecule has 4 nitrogen and oxygen atoms in total. The van der Waals surface area contributed by atoms with E-state index in [0.29, 0.717) is 6.54 Å². The van der Waals surface area contributed by atoms with Crippen LogP contribution in [0.2, 0.25) is 0 Å². The number of hydrogen-bond donors (Lipinski definition) is 2. The first-order valence-electron chi connectivity index (χ1n) is 6.82. The maximum Gasteiger partial charge on any atom is 0.240 e. The summed E-state index contributed by atoms with van der Waals surface area (Å²) in [5, 5.41) is 2.90. The zero-order chi connectivity index (χ0) is 13.9. The van der Waals surface area contributed by atoms with Crippen molar-refractivity contribution in [3.05, 3.63) is 29.3 Å². The van der Waals surface area contributed by atoms with Crippen LogP contribution in [0.4, 0.5) is 0 Å². The molecule has 1 fully saturated rings. The van der Waals surface area contributed by atoms with Crippen LogP contribution in [0.3, 0.4) is 0 Å². The second-order valence-corrected chi connectivity index (χ2v) is 5.16. The van der Waals surface area contributed by atoms with Crippen LogP contribution in [-0.2, 0) is 17.6 Å². The molecule has 1 aliphatic carbocycles. The van der Waals surface area contributed by atoms with Crippen LogP contribution in [0.15, 0.2) is 18.2 Å². The van der Waals surface area contributed by atoms with E-state index in [0.717, 1.165) is 37.0 Å². The molecular weight excluding hydrogens is 240 g/mol. The van der Waals surface area contributed by atoms with E-state index in [1.807, 2.05) is 6.07 Å². The molecule has 3 N–H and O–H groups in total. The minimum Gasteiger partial charge on any atom is -0.496 e. The highest BCUT2D eigenvalue weighted by atomic mass is 16.5. The Labute approximate surface area is 114 Å². The number of hydrogen-bond acceptors (Lipinski definition) is 3. The number of rotatable bonds is 6. The standard InChI is InChI=1S/C15H22N2O2/c1-3-11-4-5-13(19-2)12(10-11)6-9-17-14(18)15(16)7-8-15/h4-5,10H,3,6-9,16H2,1-2H3,(H,17,18). The van der Waals surface area contributed by atoms with E-state index in [1.54, 1.807) is 7.11 Å². The molecule has 0 aliphatic heterocycles. The Morgan fingerprint density at radius 2 is 2.21 bits per heavy atom. The first kappa shape index (κ1) is 13.9. The molecule has 0 atom stereocenters. The van der Waals surface area contributed by atoms with Gasteiger partial charge in [0.1, 0.15) is 5.75 Å². The Bertz CT molecular complexity index is 467. The van der Waals surface area contributed by atoms with Gasteiger partial charge in [-0.2, -0.15) is 0 Å². The zero-order valence-corrected chi connectivity index (χ0v) is 11.7. The smallest absolute Gasteiger partial charge is 0.240 e. The van der Waals surface area contributed by atoms with E-state index in [4.69, 9.17) is 10.5 Å². The third kappa shape index (κ3) is 3.26. The van der Waals surface area contributed by atoms with Crippen molar-refractivity contribution in [2.24, 2.45) is 5.73 Å². The number of carbonyl (C=O) groups is 1. The summed E-state index contributed by atoms with van der Waals surface area (Å²) in [5.74, 6) is 0.846. The van der Waals surface area contributed by atoms with Gasteiger partial charge < -0.3 is 15.8 Å². The fourth-order valence-electron chi connectivity index (χ4n) is 2.10. The van der Waals surface area contributed by atoms with E-state index < -0.39 is 5.54 Å². The number of benzene rings is 1. The number of amides is 1. The molecule has 0 unspecified atom stereocenters. The summed E-state index contributed by atoms with van der Waals surface area (Å²) in [6, 6.07) is 6.20. The Balaban J connectivity index is 1.92. The second-order valence-electron chi connectivity index (χ2n) is 5.16. The number of aryl methyl sites for hydroxylation is 1. The minimum atomic E-state index is -0.588. The Morgan fingerprint density at radius 3 is 2.79 bits per heavy atom. The predicted octanol–water partition coefficient (Wildman–Crippen LogP) is 1.41. The Morgan fingerprint density at radius 1 is 1.47 bits per heavy atom. The van der Waals surface area contributed by atoms with Crippen LogP contribution in [0.5, 0.6) is 5.75 Å². The third-order valence-corrected chi connectivity index (χ3v) is 3.67. The highest BCUT2D eigenvalue weighted by molar-refractivity contribution is 5.88. The highest BCUT2D eigenvalue weighted by Crippen LogP contribution is 2.32. The summed E-state index contributed by atoms with van der Waals surface area (Å²) >= 11 is 0. The second kappa shape index (κ2) is 5.61. The quantitative estimate of drug-likeness (QED) is 0.814. The molecule has 0 bridgehead atoms. The van der Waals surface area contributed by atoms with Crippen LogP contribution in [-0.4, -0.2) is 25.1 Å². The van der Waals surface area contributed by atoms with Gasteiger partial charge in [0.25, 0.3) is 0 Å². The molecule has 1 aromatic rings. The lowest BCUT2D eigenvalue weighted by molar-refractivity contribution is -0.123. The van der Waals surface area contributed by atoms with Gasteiger partial charge in [0.05, 0.1) is 12.6 Å². The Hall–Kier alpha value is -1.55. The molecule has 4 heteroatoms. The van der Waals surface area contributed by atoms with Crippen molar-refractivity contribution in [3.63, 3.8) is 0 Å². The lowest BCUT2D eigenvalue weighted by Crippen LogP contribution is -2.43. The number of ether oxygens (including phenoxy) is 1. The molecule has 0 saturated heterocycles. The molecule has 0 heterocycles. The van der Waals surface area contributed by atoms with Gasteiger partial charge in [-0.1, -0.05) is 19.1 Å². The first-order valence-corrected chi connectivity index (χ1v) is 6.82. The topological polar surface area (TPSA) is 64.3 Å². The lowest BCUT2D eigenvalue weighted by Gasteiger charge is -2.12. The van der Waals surface area contributed by atoms with Crippen molar-refractivity contribution < 1.29 is 9.53 Å². The number of nitrogens with one attached hydrogen (secondary N) is 1. The van der Waals surface area contributed by atoms with Gasteiger partial charge in [0, 0.05) is 6.54 Å². The molecule has 104 valence electrons. The van der Waals surface area contributed by atoms with Crippen LogP contribution in [0.25, 0.3) is 0 Å². The molecule has 0 spiro atoms. The molecule has 1 amide bonds. The van der Waals surface area contributed by atoms with Crippen molar-refractivity contribution in [1.82, 2.24) is 5.32 Å². The molecule has 19 heavy (non-hydrogen) atoms. The molecule has 1 saturated carbocycles. The fourth-order valence-corrected chi connectivity index (χ4v) is 2.10. The van der Waals surface area contributed by atoms with Crippen molar-refractivity contribution in [2.75, 3.05) is 13.7 Å². The third-order valence-electron chi connectivity index (χ3n) is 3.67. The summed E-state index contributed by atoms with van der Waals surface area (Å²) in [7, 11) is 1.67. The van der Waals surface area contributed by atoms with Crippen LogP contribution >= 0.6 is 0 Å². The maximum absolute atomic E-state index is 11.7. The number of carbonyl (C=O) groups excluding carboxylic acids is 1. The van der Waals surface area contributed by atoms with Crippen LogP contribution in [0.1, 0.15) is 30.9 Å². The summed E-state index contributed by atoms with van der Waals surface area (Å²) in [5.41, 5.74) is 7.65. The summed E-state index contributed by atoms with van der Waals surface area (Å²) < 4.78 is 5.34.